The summed E-state index contributed by atoms with van der Waals surface area (Å²) in [4.78, 5) is 0. The van der Waals surface area contributed by atoms with Gasteiger partial charge in [-0.3, -0.25) is 0 Å². The van der Waals surface area contributed by atoms with Crippen LogP contribution in [0.4, 0.5) is 0 Å². The number of hydroxylamine groups is 3. The Morgan fingerprint density at radius 1 is 0.974 bits per heavy atom. The average molecular weight is 512 g/mol. The fourth-order valence-corrected chi connectivity index (χ4v) is 9.99. The summed E-state index contributed by atoms with van der Waals surface area (Å²) in [5.74, 6) is 1.11. The molecule has 38 heavy (non-hydrogen) atoms. The fraction of sp³-hybridized carbons (Fsp3) is 0.600. The second-order valence-corrected chi connectivity index (χ2v) is 13.6. The molecule has 6 atom stereocenters. The average Bonchev–Trinajstić information content (AvgIpc) is 3.43. The Kier molecular flexibility index (Phi) is 5.79. The highest BCUT2D eigenvalue weighted by Crippen LogP contribution is 2.69. The molecule has 2 bridgehead atoms. The van der Waals surface area contributed by atoms with Crippen molar-refractivity contribution in [3.8, 4) is 0 Å². The SMILES string of the molecule is CCC[N+]([O-])(CCC)[C@H]1CCC2=CC3=CC[C@]4(C)[C@@H](c5ccc6ccccc6c5)CC[C@H]4[C@@]34CC[C@]2(C1)O4. The minimum absolute atomic E-state index is 0.00767. The Labute approximate surface area is 229 Å². The maximum absolute atomic E-state index is 14.1. The summed E-state index contributed by atoms with van der Waals surface area (Å²) in [6, 6.07) is 16.1. The van der Waals surface area contributed by atoms with Crippen molar-refractivity contribution in [2.45, 2.75) is 108 Å². The molecule has 202 valence electrons. The second-order valence-electron chi connectivity index (χ2n) is 13.6. The molecule has 0 N–H and O–H groups in total. The standard InChI is InChI=1S/C35H45NO2/c1-4-20-36(37,21-5-2)30-13-12-28-23-29-16-17-33(3)31(27-11-10-25-8-6-7-9-26(25)22-27)14-15-32(33)35(29)19-18-34(28,24-30)38-35/h6-11,16,22-23,30-32H,4-5,12-15,17-21,24H2,1-3H3/t30-,31+,32+,33+,34+,35+/m0/s1. The van der Waals surface area contributed by atoms with Gasteiger partial charge >= 0.3 is 0 Å². The zero-order valence-electron chi connectivity index (χ0n) is 23.7. The molecule has 1 saturated heterocycles. The summed E-state index contributed by atoms with van der Waals surface area (Å²) >= 11 is 0. The van der Waals surface area contributed by atoms with Gasteiger partial charge in [-0.25, -0.2) is 0 Å². The fourth-order valence-electron chi connectivity index (χ4n) is 9.99. The number of hydrogen-bond donors (Lipinski definition) is 0. The normalized spacial score (nSPS) is 37.8. The van der Waals surface area contributed by atoms with Crippen LogP contribution in [0.15, 0.2) is 65.8 Å². The molecule has 2 aromatic carbocycles. The van der Waals surface area contributed by atoms with E-state index < -0.39 is 0 Å². The molecule has 0 aromatic heterocycles. The van der Waals surface area contributed by atoms with Crippen molar-refractivity contribution in [2.75, 3.05) is 13.1 Å². The summed E-state index contributed by atoms with van der Waals surface area (Å²) in [6.07, 6.45) is 15.9. The smallest absolute Gasteiger partial charge is 0.0975 e. The number of quaternary nitrogens is 1. The van der Waals surface area contributed by atoms with Crippen LogP contribution in [-0.2, 0) is 4.74 Å². The van der Waals surface area contributed by atoms with Crippen molar-refractivity contribution in [2.24, 2.45) is 11.3 Å². The van der Waals surface area contributed by atoms with Gasteiger partial charge < -0.3 is 14.6 Å². The summed E-state index contributed by atoms with van der Waals surface area (Å²) in [6.45, 7) is 8.39. The Hall–Kier alpha value is -1.94. The Morgan fingerprint density at radius 3 is 2.55 bits per heavy atom. The maximum atomic E-state index is 14.1. The van der Waals surface area contributed by atoms with E-state index in [2.05, 4.69) is 75.4 Å². The molecule has 3 heteroatoms. The van der Waals surface area contributed by atoms with Crippen molar-refractivity contribution in [1.29, 1.82) is 0 Å². The molecular formula is C35H45NO2. The lowest BCUT2D eigenvalue weighted by molar-refractivity contribution is -0.907. The second kappa shape index (κ2) is 8.78. The Morgan fingerprint density at radius 2 is 1.76 bits per heavy atom. The van der Waals surface area contributed by atoms with Crippen LogP contribution in [0.25, 0.3) is 10.8 Å². The van der Waals surface area contributed by atoms with Gasteiger partial charge in [0.15, 0.2) is 0 Å². The van der Waals surface area contributed by atoms with Gasteiger partial charge in [0.2, 0.25) is 0 Å². The first kappa shape index (κ1) is 25.1. The highest BCUT2D eigenvalue weighted by molar-refractivity contribution is 5.83. The number of ether oxygens (including phenoxy) is 1. The first-order valence-electron chi connectivity index (χ1n) is 15.5. The molecule has 2 heterocycles. The van der Waals surface area contributed by atoms with Crippen LogP contribution in [0.1, 0.15) is 96.5 Å². The van der Waals surface area contributed by atoms with Gasteiger partial charge in [-0.15, -0.1) is 0 Å². The first-order chi connectivity index (χ1) is 18.4. The number of hydrogen-bond acceptors (Lipinski definition) is 2. The zero-order chi connectivity index (χ0) is 26.2. The van der Waals surface area contributed by atoms with Crippen molar-refractivity contribution >= 4 is 10.8 Å². The van der Waals surface area contributed by atoms with E-state index in [1.807, 2.05) is 0 Å². The van der Waals surface area contributed by atoms with Crippen LogP contribution in [0, 0.1) is 16.5 Å². The molecule has 2 aromatic rings. The topological polar surface area (TPSA) is 32.3 Å². The van der Waals surface area contributed by atoms with Crippen molar-refractivity contribution in [1.82, 2.24) is 0 Å². The highest BCUT2D eigenvalue weighted by Gasteiger charge is 2.67. The van der Waals surface area contributed by atoms with Crippen LogP contribution in [0.5, 0.6) is 0 Å². The van der Waals surface area contributed by atoms with Crippen LogP contribution >= 0.6 is 0 Å². The van der Waals surface area contributed by atoms with Crippen molar-refractivity contribution in [3.63, 3.8) is 0 Å². The number of allylic oxidation sites excluding steroid dienone is 1. The van der Waals surface area contributed by atoms with Gasteiger partial charge in [0, 0.05) is 12.8 Å². The van der Waals surface area contributed by atoms with E-state index in [0.717, 1.165) is 64.5 Å². The molecule has 7 rings (SSSR count). The lowest BCUT2D eigenvalue weighted by Gasteiger charge is -2.57. The maximum Gasteiger partial charge on any atom is 0.0975 e. The molecule has 0 unspecified atom stereocenters. The van der Waals surface area contributed by atoms with Crippen LogP contribution in [0.2, 0.25) is 0 Å². The van der Waals surface area contributed by atoms with Gasteiger partial charge in [-0.2, -0.15) is 0 Å². The van der Waals surface area contributed by atoms with Gasteiger partial charge in [0.25, 0.3) is 0 Å². The van der Waals surface area contributed by atoms with Gasteiger partial charge in [-0.05, 0) is 96.1 Å². The Bertz CT molecular complexity index is 1300. The molecule has 2 aliphatic heterocycles. The summed E-state index contributed by atoms with van der Waals surface area (Å²) < 4.78 is 7.50. The van der Waals surface area contributed by atoms with Crippen LogP contribution in [0.3, 0.4) is 0 Å². The first-order valence-corrected chi connectivity index (χ1v) is 15.5. The monoisotopic (exact) mass is 511 g/mol. The van der Waals surface area contributed by atoms with Crippen molar-refractivity contribution < 1.29 is 9.38 Å². The van der Waals surface area contributed by atoms with Gasteiger partial charge in [-0.1, -0.05) is 75.4 Å². The summed E-state index contributed by atoms with van der Waals surface area (Å²) in [5.41, 5.74) is 4.34. The third-order valence-corrected chi connectivity index (χ3v) is 11.7. The number of rotatable bonds is 6. The number of benzene rings is 2. The molecule has 2 spiro atoms. The number of fused-ring (bicyclic) bond motifs is 2. The third kappa shape index (κ3) is 3.44. The molecule has 3 fully saturated rings. The van der Waals surface area contributed by atoms with E-state index in [1.165, 1.54) is 40.3 Å². The lowest BCUT2D eigenvalue weighted by atomic mass is 9.58. The quantitative estimate of drug-likeness (QED) is 0.287. The number of nitrogens with zero attached hydrogens (tertiary/aromatic N) is 1. The van der Waals surface area contributed by atoms with E-state index in [9.17, 15) is 5.21 Å². The molecule has 0 amide bonds. The largest absolute Gasteiger partial charge is 0.633 e. The van der Waals surface area contributed by atoms with E-state index in [1.54, 1.807) is 0 Å². The van der Waals surface area contributed by atoms with Gasteiger partial charge in [0.05, 0.1) is 30.3 Å². The highest BCUT2D eigenvalue weighted by atomic mass is 16.6. The molecule has 2 saturated carbocycles. The summed E-state index contributed by atoms with van der Waals surface area (Å²) in [7, 11) is 0. The van der Waals surface area contributed by atoms with Crippen LogP contribution in [-0.4, -0.2) is 35.0 Å². The van der Waals surface area contributed by atoms with Crippen molar-refractivity contribution in [3.05, 3.63) is 76.5 Å². The molecule has 3 aliphatic carbocycles. The molecular weight excluding hydrogens is 466 g/mol. The van der Waals surface area contributed by atoms with E-state index >= 15 is 0 Å². The molecule has 0 radical (unpaired) electrons. The minimum atomic E-state index is -0.199. The predicted octanol–water partition coefficient (Wildman–Crippen LogP) is 8.58. The zero-order valence-corrected chi connectivity index (χ0v) is 23.7. The van der Waals surface area contributed by atoms with E-state index in [0.29, 0.717) is 11.8 Å². The van der Waals surface area contributed by atoms with Crippen LogP contribution < -0.4 is 0 Å². The minimum Gasteiger partial charge on any atom is -0.633 e. The molecule has 5 aliphatic rings. The third-order valence-electron chi connectivity index (χ3n) is 11.7. The molecule has 3 nitrogen and oxygen atoms in total. The van der Waals surface area contributed by atoms with Gasteiger partial charge in [0.1, 0.15) is 0 Å². The predicted molar refractivity (Wildman–Crippen MR) is 156 cm³/mol. The summed E-state index contributed by atoms with van der Waals surface area (Å²) in [5, 5.41) is 16.7. The Balaban J connectivity index is 1.22. The lowest BCUT2D eigenvalue weighted by Crippen LogP contribution is -2.59. The van der Waals surface area contributed by atoms with E-state index in [-0.39, 0.29) is 27.3 Å². The van der Waals surface area contributed by atoms with E-state index in [4.69, 9.17) is 4.74 Å².